The van der Waals surface area contributed by atoms with Crippen LogP contribution in [0.4, 0.5) is 10.5 Å². The van der Waals surface area contributed by atoms with Crippen molar-refractivity contribution in [3.05, 3.63) is 18.2 Å². The van der Waals surface area contributed by atoms with Gasteiger partial charge in [0.15, 0.2) is 20.2 Å². The van der Waals surface area contributed by atoms with Gasteiger partial charge in [-0.15, -0.1) is 10.2 Å². The molecule has 1 aliphatic heterocycles. The Morgan fingerprint density at radius 3 is 2.73 bits per heavy atom. The van der Waals surface area contributed by atoms with Gasteiger partial charge in [-0.05, 0) is 18.4 Å². The van der Waals surface area contributed by atoms with Crippen LogP contribution >= 0.6 is 34.9 Å². The van der Waals surface area contributed by atoms with E-state index in [0.29, 0.717) is 34.7 Å². The minimum Gasteiger partial charge on any atom is -0.490 e. The summed E-state index contributed by atoms with van der Waals surface area (Å²) in [6.07, 6.45) is 2.71. The first-order chi connectivity index (χ1) is 12.6. The zero-order chi connectivity index (χ0) is 18.4. The van der Waals surface area contributed by atoms with E-state index < -0.39 is 11.9 Å². The van der Waals surface area contributed by atoms with Crippen LogP contribution in [0.3, 0.4) is 0 Å². The summed E-state index contributed by atoms with van der Waals surface area (Å²) in [5.74, 6) is 0.880. The average Bonchev–Trinajstić information content (AvgIpc) is 2.97. The molecular formula is C15H16N4O4S3. The number of aromatic nitrogens is 2. The van der Waals surface area contributed by atoms with Crippen LogP contribution in [0, 0.1) is 0 Å². The Morgan fingerprint density at radius 2 is 1.96 bits per heavy atom. The lowest BCUT2D eigenvalue weighted by Gasteiger charge is -2.10. The first-order valence-electron chi connectivity index (χ1n) is 7.65. The van der Waals surface area contributed by atoms with E-state index >= 15 is 0 Å². The fourth-order valence-electron chi connectivity index (χ4n) is 2.03. The quantitative estimate of drug-likeness (QED) is 0.723. The average molecular weight is 413 g/mol. The molecule has 2 N–H and O–H groups in total. The van der Waals surface area contributed by atoms with Gasteiger partial charge in [0.1, 0.15) is 0 Å². The molecule has 26 heavy (non-hydrogen) atoms. The number of hydrogen-bond donors (Lipinski definition) is 2. The second-order valence-electron chi connectivity index (χ2n) is 5.04. The molecule has 3 amide bonds. The summed E-state index contributed by atoms with van der Waals surface area (Å²) in [6.45, 7) is 1.15. The summed E-state index contributed by atoms with van der Waals surface area (Å²) in [5.41, 5.74) is 0.515. The maximum Gasteiger partial charge on any atom is 0.325 e. The summed E-state index contributed by atoms with van der Waals surface area (Å²) in [5, 5.41) is 12.8. The molecule has 0 unspecified atom stereocenters. The number of urea groups is 1. The Hall–Kier alpha value is -1.98. The molecule has 0 aliphatic carbocycles. The monoisotopic (exact) mass is 412 g/mol. The van der Waals surface area contributed by atoms with Crippen molar-refractivity contribution >= 4 is 52.5 Å². The molecule has 2 aromatic rings. The van der Waals surface area contributed by atoms with E-state index in [-0.39, 0.29) is 5.75 Å². The highest BCUT2D eigenvalue weighted by Gasteiger charge is 2.14. The number of carbonyl (C=O) groups excluding carboxylic acids is 2. The number of benzene rings is 1. The fraction of sp³-hybridized carbons (Fsp3) is 0.333. The highest BCUT2D eigenvalue weighted by molar-refractivity contribution is 8.03. The molecule has 0 spiro atoms. The lowest BCUT2D eigenvalue weighted by Crippen LogP contribution is -2.35. The highest BCUT2D eigenvalue weighted by atomic mass is 32.2. The lowest BCUT2D eigenvalue weighted by molar-refractivity contribution is -0.117. The number of ether oxygens (including phenoxy) is 2. The lowest BCUT2D eigenvalue weighted by atomic mass is 10.3. The second kappa shape index (κ2) is 9.10. The van der Waals surface area contributed by atoms with Crippen LogP contribution < -0.4 is 20.1 Å². The van der Waals surface area contributed by atoms with Gasteiger partial charge in [0.05, 0.1) is 19.0 Å². The van der Waals surface area contributed by atoms with Gasteiger partial charge in [-0.25, -0.2) is 4.79 Å². The van der Waals surface area contributed by atoms with Gasteiger partial charge in [-0.3, -0.25) is 10.1 Å². The Bertz CT molecular complexity index is 799. The van der Waals surface area contributed by atoms with Crippen molar-refractivity contribution in [2.24, 2.45) is 0 Å². The first-order valence-corrected chi connectivity index (χ1v) is 10.7. The zero-order valence-corrected chi connectivity index (χ0v) is 16.3. The Balaban J connectivity index is 1.48. The number of thioether (sulfide) groups is 2. The summed E-state index contributed by atoms with van der Waals surface area (Å²) >= 11 is 4.14. The third-order valence-corrected chi connectivity index (χ3v) is 6.18. The van der Waals surface area contributed by atoms with Crippen LogP contribution in [0.25, 0.3) is 0 Å². The standard InChI is InChI=1S/C15H16N4O4S3/c1-24-14-18-19-15(26-14)25-8-12(20)17-13(21)16-9-3-4-10-11(7-9)23-6-2-5-22-10/h3-4,7H,2,5-6,8H2,1H3,(H2,16,17,20,21). The molecule has 1 aromatic heterocycles. The van der Waals surface area contributed by atoms with Gasteiger partial charge < -0.3 is 14.8 Å². The van der Waals surface area contributed by atoms with Gasteiger partial charge in [0.2, 0.25) is 5.91 Å². The molecule has 138 valence electrons. The van der Waals surface area contributed by atoms with E-state index in [1.165, 1.54) is 34.9 Å². The van der Waals surface area contributed by atoms with E-state index in [1.807, 2.05) is 6.26 Å². The number of carbonyl (C=O) groups is 2. The Morgan fingerprint density at radius 1 is 1.19 bits per heavy atom. The van der Waals surface area contributed by atoms with E-state index in [0.717, 1.165) is 10.8 Å². The van der Waals surface area contributed by atoms with E-state index in [4.69, 9.17) is 9.47 Å². The van der Waals surface area contributed by atoms with Crippen molar-refractivity contribution in [1.29, 1.82) is 0 Å². The molecule has 3 rings (SSSR count). The molecule has 11 heteroatoms. The maximum absolute atomic E-state index is 12.0. The predicted octanol–water partition coefficient (Wildman–Crippen LogP) is 2.86. The molecule has 0 radical (unpaired) electrons. The van der Waals surface area contributed by atoms with Gasteiger partial charge in [-0.2, -0.15) is 0 Å². The molecule has 2 heterocycles. The number of rotatable bonds is 5. The topological polar surface area (TPSA) is 102 Å². The van der Waals surface area contributed by atoms with Crippen molar-refractivity contribution in [2.45, 2.75) is 15.1 Å². The van der Waals surface area contributed by atoms with Crippen molar-refractivity contribution in [1.82, 2.24) is 15.5 Å². The largest absolute Gasteiger partial charge is 0.490 e. The van der Waals surface area contributed by atoms with Crippen LogP contribution in [0.2, 0.25) is 0 Å². The molecule has 1 aliphatic rings. The van der Waals surface area contributed by atoms with Gasteiger partial charge in [-0.1, -0.05) is 34.9 Å². The SMILES string of the molecule is CSc1nnc(SCC(=O)NC(=O)Nc2ccc3c(c2)OCCCO3)s1. The molecule has 1 aromatic carbocycles. The Kier molecular flexibility index (Phi) is 6.58. The number of fused-ring (bicyclic) bond motifs is 1. The summed E-state index contributed by atoms with van der Waals surface area (Å²) in [6, 6.07) is 4.49. The van der Waals surface area contributed by atoms with Gasteiger partial charge >= 0.3 is 6.03 Å². The Labute approximate surface area is 162 Å². The van der Waals surface area contributed by atoms with Crippen LogP contribution in [-0.2, 0) is 4.79 Å². The molecule has 0 saturated carbocycles. The highest BCUT2D eigenvalue weighted by Crippen LogP contribution is 2.32. The number of nitrogens with one attached hydrogen (secondary N) is 2. The first kappa shape index (κ1) is 18.8. The molecule has 0 bridgehead atoms. The number of hydrogen-bond acceptors (Lipinski definition) is 9. The summed E-state index contributed by atoms with van der Waals surface area (Å²) in [4.78, 5) is 23.9. The molecule has 0 atom stereocenters. The maximum atomic E-state index is 12.0. The van der Waals surface area contributed by atoms with Crippen molar-refractivity contribution in [3.8, 4) is 11.5 Å². The second-order valence-corrected chi connectivity index (χ2v) is 8.29. The smallest absolute Gasteiger partial charge is 0.325 e. The molecule has 0 fully saturated rings. The minimum atomic E-state index is -0.604. The third kappa shape index (κ3) is 5.26. The van der Waals surface area contributed by atoms with E-state index in [9.17, 15) is 9.59 Å². The normalized spacial score (nSPS) is 13.0. The summed E-state index contributed by atoms with van der Waals surface area (Å²) in [7, 11) is 0. The summed E-state index contributed by atoms with van der Waals surface area (Å²) < 4.78 is 12.6. The number of anilines is 1. The van der Waals surface area contributed by atoms with Crippen LogP contribution in [0.15, 0.2) is 26.9 Å². The predicted molar refractivity (Wildman–Crippen MR) is 102 cm³/mol. The van der Waals surface area contributed by atoms with Gasteiger partial charge in [0.25, 0.3) is 0 Å². The third-order valence-electron chi connectivity index (χ3n) is 3.15. The fourth-order valence-corrected chi connectivity index (χ4v) is 4.27. The van der Waals surface area contributed by atoms with E-state index in [1.54, 1.807) is 18.2 Å². The number of nitrogens with zero attached hydrogens (tertiary/aromatic N) is 2. The van der Waals surface area contributed by atoms with Gasteiger partial charge in [0, 0.05) is 18.2 Å². The zero-order valence-electron chi connectivity index (χ0n) is 13.8. The number of imide groups is 1. The van der Waals surface area contributed by atoms with Crippen LogP contribution in [0.5, 0.6) is 11.5 Å². The molecule has 8 nitrogen and oxygen atoms in total. The minimum absolute atomic E-state index is 0.0809. The van der Waals surface area contributed by atoms with Crippen LogP contribution in [0.1, 0.15) is 6.42 Å². The van der Waals surface area contributed by atoms with E-state index in [2.05, 4.69) is 20.8 Å². The van der Waals surface area contributed by atoms with Crippen molar-refractivity contribution < 1.29 is 19.1 Å². The van der Waals surface area contributed by atoms with Crippen molar-refractivity contribution in [2.75, 3.05) is 30.5 Å². The van der Waals surface area contributed by atoms with Crippen LogP contribution in [-0.4, -0.2) is 47.4 Å². The number of amides is 3. The molecule has 0 saturated heterocycles. The molecular weight excluding hydrogens is 396 g/mol. The van der Waals surface area contributed by atoms with Crippen molar-refractivity contribution in [3.63, 3.8) is 0 Å².